The van der Waals surface area contributed by atoms with Gasteiger partial charge in [-0.3, -0.25) is 0 Å². The first-order valence-corrected chi connectivity index (χ1v) is 8.39. The molecule has 0 aromatic rings. The summed E-state index contributed by atoms with van der Waals surface area (Å²) in [6.07, 6.45) is 7.04. The van der Waals surface area contributed by atoms with E-state index in [2.05, 4.69) is 11.6 Å². The van der Waals surface area contributed by atoms with E-state index >= 15 is 0 Å². The van der Waals surface area contributed by atoms with Crippen LogP contribution in [-0.4, -0.2) is 61.7 Å². The van der Waals surface area contributed by atoms with Gasteiger partial charge < -0.3 is 19.9 Å². The summed E-state index contributed by atoms with van der Waals surface area (Å²) < 4.78 is 10.9. The van der Waals surface area contributed by atoms with Crippen molar-refractivity contribution < 1.29 is 14.6 Å². The summed E-state index contributed by atoms with van der Waals surface area (Å²) in [6.45, 7) is 4.46. The molecule has 0 heterocycles. The van der Waals surface area contributed by atoms with E-state index in [9.17, 15) is 5.11 Å². The average Bonchev–Trinajstić information content (AvgIpc) is 2.86. The van der Waals surface area contributed by atoms with Crippen LogP contribution in [-0.2, 0) is 9.47 Å². The van der Waals surface area contributed by atoms with Crippen LogP contribution in [0.15, 0.2) is 0 Å². The maximum atomic E-state index is 9.86. The number of aliphatic hydroxyl groups is 1. The summed E-state index contributed by atoms with van der Waals surface area (Å²) in [5.74, 6) is 0. The number of ether oxygens (including phenoxy) is 2. The standard InChI is InChI=1S/C14H29NO3S/c1-12(9-17-2)18-10-13(16)8-15-11-14(19-3)6-4-5-7-14/h12-13,15-16H,4-11H2,1-3H3. The minimum atomic E-state index is -0.445. The third kappa shape index (κ3) is 6.45. The Balaban J connectivity index is 2.11. The highest BCUT2D eigenvalue weighted by molar-refractivity contribution is 8.00. The predicted octanol–water partition coefficient (Wildman–Crippen LogP) is 1.66. The van der Waals surface area contributed by atoms with Crippen molar-refractivity contribution in [2.75, 3.05) is 39.7 Å². The van der Waals surface area contributed by atoms with E-state index in [0.29, 0.717) is 24.5 Å². The lowest BCUT2D eigenvalue weighted by molar-refractivity contribution is -0.0311. The molecule has 0 aliphatic heterocycles. The molecule has 1 fully saturated rings. The van der Waals surface area contributed by atoms with Gasteiger partial charge in [0.15, 0.2) is 0 Å². The number of hydrogen-bond donors (Lipinski definition) is 2. The Bertz CT molecular complexity index is 235. The molecule has 0 saturated heterocycles. The number of methoxy groups -OCH3 is 1. The molecule has 0 radical (unpaired) electrons. The van der Waals surface area contributed by atoms with Crippen molar-refractivity contribution in [3.05, 3.63) is 0 Å². The molecular weight excluding hydrogens is 262 g/mol. The largest absolute Gasteiger partial charge is 0.389 e. The van der Waals surface area contributed by atoms with E-state index in [1.807, 2.05) is 18.7 Å². The third-order valence-electron chi connectivity index (χ3n) is 3.75. The first-order valence-electron chi connectivity index (χ1n) is 7.16. The highest BCUT2D eigenvalue weighted by atomic mass is 32.2. The van der Waals surface area contributed by atoms with Crippen molar-refractivity contribution in [1.29, 1.82) is 0 Å². The Morgan fingerprint density at radius 2 is 2.00 bits per heavy atom. The lowest BCUT2D eigenvalue weighted by Crippen LogP contribution is -2.40. The molecule has 0 aromatic carbocycles. The molecule has 0 aromatic heterocycles. The minimum Gasteiger partial charge on any atom is -0.389 e. The van der Waals surface area contributed by atoms with Crippen LogP contribution in [0.1, 0.15) is 32.6 Å². The van der Waals surface area contributed by atoms with Gasteiger partial charge in [0.25, 0.3) is 0 Å². The van der Waals surface area contributed by atoms with E-state index in [1.165, 1.54) is 25.7 Å². The van der Waals surface area contributed by atoms with Gasteiger partial charge >= 0.3 is 0 Å². The van der Waals surface area contributed by atoms with Crippen LogP contribution < -0.4 is 5.32 Å². The molecule has 0 bridgehead atoms. The van der Waals surface area contributed by atoms with Crippen molar-refractivity contribution >= 4 is 11.8 Å². The quantitative estimate of drug-likeness (QED) is 0.641. The highest BCUT2D eigenvalue weighted by Gasteiger charge is 2.32. The first-order chi connectivity index (χ1) is 9.12. The zero-order valence-electron chi connectivity index (χ0n) is 12.5. The lowest BCUT2D eigenvalue weighted by Gasteiger charge is -2.27. The molecule has 4 nitrogen and oxygen atoms in total. The molecule has 114 valence electrons. The zero-order valence-corrected chi connectivity index (χ0v) is 13.3. The fourth-order valence-corrected chi connectivity index (χ4v) is 3.50. The zero-order chi connectivity index (χ0) is 14.1. The molecule has 0 amide bonds. The Morgan fingerprint density at radius 3 is 2.58 bits per heavy atom. The van der Waals surface area contributed by atoms with Gasteiger partial charge in [0.1, 0.15) is 0 Å². The van der Waals surface area contributed by atoms with Crippen molar-refractivity contribution in [3.63, 3.8) is 0 Å². The first kappa shape index (κ1) is 17.2. The van der Waals surface area contributed by atoms with Crippen molar-refractivity contribution in [2.24, 2.45) is 0 Å². The Kier molecular flexibility index (Phi) is 8.34. The molecule has 2 N–H and O–H groups in total. The summed E-state index contributed by atoms with van der Waals surface area (Å²) in [7, 11) is 1.65. The number of aliphatic hydroxyl groups excluding tert-OH is 1. The number of nitrogens with one attached hydrogen (secondary N) is 1. The fourth-order valence-electron chi connectivity index (χ4n) is 2.56. The summed E-state index contributed by atoms with van der Waals surface area (Å²) in [4.78, 5) is 0. The second-order valence-electron chi connectivity index (χ2n) is 5.48. The van der Waals surface area contributed by atoms with E-state index in [4.69, 9.17) is 9.47 Å². The topological polar surface area (TPSA) is 50.7 Å². The van der Waals surface area contributed by atoms with Gasteiger partial charge in [-0.2, -0.15) is 11.8 Å². The molecule has 1 aliphatic rings. The van der Waals surface area contributed by atoms with Crippen LogP contribution in [0.4, 0.5) is 0 Å². The molecule has 1 saturated carbocycles. The van der Waals surface area contributed by atoms with Gasteiger partial charge in [0.05, 0.1) is 25.4 Å². The molecule has 19 heavy (non-hydrogen) atoms. The smallest absolute Gasteiger partial charge is 0.0897 e. The van der Waals surface area contributed by atoms with Crippen LogP contribution in [0.5, 0.6) is 0 Å². The van der Waals surface area contributed by atoms with Gasteiger partial charge in [0.2, 0.25) is 0 Å². The third-order valence-corrected chi connectivity index (χ3v) is 5.17. The van der Waals surface area contributed by atoms with Gasteiger partial charge in [-0.15, -0.1) is 0 Å². The van der Waals surface area contributed by atoms with Gasteiger partial charge in [-0.05, 0) is 26.0 Å². The second kappa shape index (κ2) is 9.19. The van der Waals surface area contributed by atoms with Crippen molar-refractivity contribution in [1.82, 2.24) is 5.32 Å². The predicted molar refractivity (Wildman–Crippen MR) is 80.9 cm³/mol. The Labute approximate surface area is 121 Å². The highest BCUT2D eigenvalue weighted by Crippen LogP contribution is 2.39. The molecule has 2 unspecified atom stereocenters. The van der Waals surface area contributed by atoms with Gasteiger partial charge in [0, 0.05) is 24.9 Å². The number of thioether (sulfide) groups is 1. The molecule has 1 aliphatic carbocycles. The second-order valence-corrected chi connectivity index (χ2v) is 6.75. The Morgan fingerprint density at radius 1 is 1.32 bits per heavy atom. The normalized spacial score (nSPS) is 21.5. The fraction of sp³-hybridized carbons (Fsp3) is 1.00. The Hall–Kier alpha value is 0.190. The minimum absolute atomic E-state index is 0.0343. The molecule has 1 rings (SSSR count). The van der Waals surface area contributed by atoms with Gasteiger partial charge in [-0.25, -0.2) is 0 Å². The van der Waals surface area contributed by atoms with Crippen LogP contribution in [0.25, 0.3) is 0 Å². The maximum Gasteiger partial charge on any atom is 0.0897 e. The molecule has 5 heteroatoms. The van der Waals surface area contributed by atoms with Crippen LogP contribution in [0.2, 0.25) is 0 Å². The maximum absolute atomic E-state index is 9.86. The van der Waals surface area contributed by atoms with Gasteiger partial charge in [-0.1, -0.05) is 12.8 Å². The molecule has 0 spiro atoms. The van der Waals surface area contributed by atoms with Crippen molar-refractivity contribution in [3.8, 4) is 0 Å². The van der Waals surface area contributed by atoms with E-state index < -0.39 is 6.10 Å². The van der Waals surface area contributed by atoms with Crippen LogP contribution in [0, 0.1) is 0 Å². The summed E-state index contributed by atoms with van der Waals surface area (Å²) >= 11 is 1.96. The summed E-state index contributed by atoms with van der Waals surface area (Å²) in [6, 6.07) is 0. The lowest BCUT2D eigenvalue weighted by atomic mass is 10.1. The molecular formula is C14H29NO3S. The van der Waals surface area contributed by atoms with E-state index in [1.54, 1.807) is 7.11 Å². The average molecular weight is 291 g/mol. The van der Waals surface area contributed by atoms with Crippen LogP contribution in [0.3, 0.4) is 0 Å². The number of rotatable bonds is 10. The molecule has 2 atom stereocenters. The van der Waals surface area contributed by atoms with E-state index in [-0.39, 0.29) is 6.10 Å². The monoisotopic (exact) mass is 291 g/mol. The van der Waals surface area contributed by atoms with Crippen molar-refractivity contribution in [2.45, 2.75) is 49.6 Å². The van der Waals surface area contributed by atoms with E-state index in [0.717, 1.165) is 6.54 Å². The SMILES string of the molecule is COCC(C)OCC(O)CNCC1(SC)CCCC1. The summed E-state index contributed by atoms with van der Waals surface area (Å²) in [5.41, 5.74) is 0. The number of hydrogen-bond acceptors (Lipinski definition) is 5. The van der Waals surface area contributed by atoms with Crippen LogP contribution >= 0.6 is 11.8 Å². The summed E-state index contributed by atoms with van der Waals surface area (Å²) in [5, 5.41) is 13.3.